The molecule has 1 heterocycles. The molecule has 0 spiro atoms. The Morgan fingerprint density at radius 2 is 2.10 bits per heavy atom. The highest BCUT2D eigenvalue weighted by molar-refractivity contribution is 9.10. The van der Waals surface area contributed by atoms with Crippen LogP contribution in [0.15, 0.2) is 47.1 Å². The number of aromatic nitrogens is 1. The average Bonchev–Trinajstić information content (AvgIpc) is 2.48. The van der Waals surface area contributed by atoms with Gasteiger partial charge in [0.15, 0.2) is 0 Å². The number of nitrogens with zero attached hydrogens (tertiary/aromatic N) is 1. The lowest BCUT2D eigenvalue weighted by Gasteiger charge is -2.20. The standard InChI is InChI=1S/C16H18BrClN2/c1-2-9-20-15(11-12-6-3-4-10-19-12)13-7-5-8-14(17)16(13)18/h3-8,10,15,20H,2,9,11H2,1H3. The normalized spacial score (nSPS) is 12.3. The van der Waals surface area contributed by atoms with Gasteiger partial charge in [0.1, 0.15) is 0 Å². The SMILES string of the molecule is CCCNC(Cc1ccccn1)c1cccc(Br)c1Cl. The van der Waals surface area contributed by atoms with E-state index < -0.39 is 0 Å². The van der Waals surface area contributed by atoms with E-state index in [1.165, 1.54) is 0 Å². The summed E-state index contributed by atoms with van der Waals surface area (Å²) >= 11 is 9.92. The van der Waals surface area contributed by atoms with E-state index in [-0.39, 0.29) is 6.04 Å². The molecule has 1 unspecified atom stereocenters. The van der Waals surface area contributed by atoms with E-state index in [9.17, 15) is 0 Å². The molecule has 2 nitrogen and oxygen atoms in total. The Hall–Kier alpha value is -0.900. The van der Waals surface area contributed by atoms with Crippen LogP contribution in [0.4, 0.5) is 0 Å². The van der Waals surface area contributed by atoms with E-state index in [0.717, 1.165) is 40.1 Å². The van der Waals surface area contributed by atoms with Gasteiger partial charge in [0.2, 0.25) is 0 Å². The molecular weight excluding hydrogens is 336 g/mol. The van der Waals surface area contributed by atoms with Gasteiger partial charge >= 0.3 is 0 Å². The van der Waals surface area contributed by atoms with Crippen LogP contribution in [0.25, 0.3) is 0 Å². The van der Waals surface area contributed by atoms with E-state index in [2.05, 4.69) is 39.2 Å². The molecule has 1 aromatic carbocycles. The molecule has 0 radical (unpaired) electrons. The van der Waals surface area contributed by atoms with Crippen LogP contribution in [0.5, 0.6) is 0 Å². The topological polar surface area (TPSA) is 24.9 Å². The minimum absolute atomic E-state index is 0.176. The second-order valence-corrected chi connectivity index (χ2v) is 5.91. The van der Waals surface area contributed by atoms with Crippen molar-refractivity contribution in [3.8, 4) is 0 Å². The van der Waals surface area contributed by atoms with E-state index in [4.69, 9.17) is 11.6 Å². The van der Waals surface area contributed by atoms with Crippen molar-refractivity contribution in [2.75, 3.05) is 6.54 Å². The van der Waals surface area contributed by atoms with Gasteiger partial charge in [0.05, 0.1) is 5.02 Å². The van der Waals surface area contributed by atoms with Crippen molar-refractivity contribution >= 4 is 27.5 Å². The number of rotatable bonds is 6. The maximum Gasteiger partial charge on any atom is 0.0595 e. The summed E-state index contributed by atoms with van der Waals surface area (Å²) in [5.41, 5.74) is 2.18. The van der Waals surface area contributed by atoms with Gasteiger partial charge < -0.3 is 5.32 Å². The first-order valence-electron chi connectivity index (χ1n) is 6.79. The molecule has 106 valence electrons. The second kappa shape index (κ2) is 7.77. The van der Waals surface area contributed by atoms with Crippen molar-refractivity contribution < 1.29 is 0 Å². The Kier molecular flexibility index (Phi) is 6.02. The molecule has 2 rings (SSSR count). The van der Waals surface area contributed by atoms with Crippen molar-refractivity contribution in [3.05, 3.63) is 63.3 Å². The lowest BCUT2D eigenvalue weighted by atomic mass is 10.0. The first-order valence-corrected chi connectivity index (χ1v) is 7.96. The van der Waals surface area contributed by atoms with E-state index in [0.29, 0.717) is 0 Å². The fourth-order valence-corrected chi connectivity index (χ4v) is 2.77. The van der Waals surface area contributed by atoms with Gasteiger partial charge in [-0.05, 0) is 52.7 Å². The Balaban J connectivity index is 2.25. The second-order valence-electron chi connectivity index (χ2n) is 4.67. The molecular formula is C16H18BrClN2. The molecule has 0 amide bonds. The van der Waals surface area contributed by atoms with Crippen molar-refractivity contribution in [2.45, 2.75) is 25.8 Å². The number of hydrogen-bond acceptors (Lipinski definition) is 2. The first-order chi connectivity index (χ1) is 9.72. The molecule has 20 heavy (non-hydrogen) atoms. The predicted molar refractivity (Wildman–Crippen MR) is 88.1 cm³/mol. The highest BCUT2D eigenvalue weighted by Gasteiger charge is 2.16. The van der Waals surface area contributed by atoms with Gasteiger partial charge in [-0.15, -0.1) is 0 Å². The van der Waals surface area contributed by atoms with Crippen LogP contribution >= 0.6 is 27.5 Å². The summed E-state index contributed by atoms with van der Waals surface area (Å²) in [6.07, 6.45) is 3.75. The van der Waals surface area contributed by atoms with Crippen LogP contribution in [0.3, 0.4) is 0 Å². The minimum Gasteiger partial charge on any atom is -0.310 e. The van der Waals surface area contributed by atoms with Gasteiger partial charge in [0, 0.05) is 28.8 Å². The van der Waals surface area contributed by atoms with Crippen molar-refractivity contribution in [2.24, 2.45) is 0 Å². The highest BCUT2D eigenvalue weighted by Crippen LogP contribution is 2.31. The van der Waals surface area contributed by atoms with E-state index >= 15 is 0 Å². The van der Waals surface area contributed by atoms with Gasteiger partial charge in [-0.1, -0.05) is 36.7 Å². The number of halogens is 2. The van der Waals surface area contributed by atoms with Crippen molar-refractivity contribution in [1.29, 1.82) is 0 Å². The van der Waals surface area contributed by atoms with Gasteiger partial charge in [-0.2, -0.15) is 0 Å². The zero-order chi connectivity index (χ0) is 14.4. The maximum atomic E-state index is 6.43. The third-order valence-corrected chi connectivity index (χ3v) is 4.45. The molecule has 0 aliphatic heterocycles. The Morgan fingerprint density at radius 3 is 2.80 bits per heavy atom. The molecule has 0 saturated heterocycles. The minimum atomic E-state index is 0.176. The number of nitrogens with one attached hydrogen (secondary N) is 1. The van der Waals surface area contributed by atoms with E-state index in [1.807, 2.05) is 36.5 Å². The predicted octanol–water partition coefficient (Wildman–Crippen LogP) is 4.78. The Labute approximate surface area is 133 Å². The zero-order valence-electron chi connectivity index (χ0n) is 11.4. The third-order valence-electron chi connectivity index (χ3n) is 3.14. The molecule has 1 aromatic heterocycles. The smallest absolute Gasteiger partial charge is 0.0595 e. The van der Waals surface area contributed by atoms with Gasteiger partial charge in [-0.25, -0.2) is 0 Å². The summed E-state index contributed by atoms with van der Waals surface area (Å²) < 4.78 is 0.931. The fraction of sp³-hybridized carbons (Fsp3) is 0.312. The van der Waals surface area contributed by atoms with Crippen LogP contribution in [0.1, 0.15) is 30.6 Å². The molecule has 0 bridgehead atoms. The largest absolute Gasteiger partial charge is 0.310 e. The average molecular weight is 354 g/mol. The Bertz CT molecular complexity index is 545. The summed E-state index contributed by atoms with van der Waals surface area (Å²) in [6, 6.07) is 12.2. The van der Waals surface area contributed by atoms with Crippen LogP contribution in [0, 0.1) is 0 Å². The molecule has 0 aliphatic carbocycles. The zero-order valence-corrected chi connectivity index (χ0v) is 13.8. The molecule has 4 heteroatoms. The lowest BCUT2D eigenvalue weighted by Crippen LogP contribution is -2.24. The molecule has 1 atom stereocenters. The number of pyridine rings is 1. The molecule has 0 saturated carbocycles. The number of benzene rings is 1. The van der Waals surface area contributed by atoms with E-state index in [1.54, 1.807) is 0 Å². The molecule has 0 aliphatic rings. The number of hydrogen-bond donors (Lipinski definition) is 1. The van der Waals surface area contributed by atoms with Gasteiger partial charge in [0.25, 0.3) is 0 Å². The van der Waals surface area contributed by atoms with Crippen LogP contribution < -0.4 is 5.32 Å². The van der Waals surface area contributed by atoms with Crippen LogP contribution in [-0.2, 0) is 6.42 Å². The fourth-order valence-electron chi connectivity index (χ4n) is 2.13. The first kappa shape index (κ1) is 15.5. The summed E-state index contributed by atoms with van der Waals surface area (Å²) in [5, 5.41) is 4.33. The summed E-state index contributed by atoms with van der Waals surface area (Å²) in [4.78, 5) is 4.41. The quantitative estimate of drug-likeness (QED) is 0.808. The lowest BCUT2D eigenvalue weighted by molar-refractivity contribution is 0.524. The van der Waals surface area contributed by atoms with Crippen LogP contribution in [-0.4, -0.2) is 11.5 Å². The highest BCUT2D eigenvalue weighted by atomic mass is 79.9. The van der Waals surface area contributed by atoms with Crippen molar-refractivity contribution in [1.82, 2.24) is 10.3 Å². The molecule has 0 fully saturated rings. The summed E-state index contributed by atoms with van der Waals surface area (Å²) in [6.45, 7) is 3.12. The Morgan fingerprint density at radius 1 is 1.25 bits per heavy atom. The monoisotopic (exact) mass is 352 g/mol. The van der Waals surface area contributed by atoms with Crippen LogP contribution in [0.2, 0.25) is 5.02 Å². The van der Waals surface area contributed by atoms with Crippen molar-refractivity contribution in [3.63, 3.8) is 0 Å². The maximum absolute atomic E-state index is 6.43. The van der Waals surface area contributed by atoms with Gasteiger partial charge in [-0.3, -0.25) is 4.98 Å². The third kappa shape index (κ3) is 4.05. The molecule has 2 aromatic rings. The molecule has 1 N–H and O–H groups in total. The summed E-state index contributed by atoms with van der Waals surface area (Å²) in [7, 11) is 0. The summed E-state index contributed by atoms with van der Waals surface area (Å²) in [5.74, 6) is 0.